The Bertz CT molecular complexity index is 4790. The summed E-state index contributed by atoms with van der Waals surface area (Å²) in [5.74, 6) is -1.52. The Morgan fingerprint density at radius 3 is 0.778 bits per heavy atom. The van der Waals surface area contributed by atoms with Gasteiger partial charge in [-0.25, -0.2) is 0 Å². The number of aliphatic hydroxyl groups is 1. The Morgan fingerprint density at radius 2 is 0.504 bits per heavy atom. The summed E-state index contributed by atoms with van der Waals surface area (Å²) in [6.07, 6.45) is 65.1. The number of carbonyl (C=O) groups is 10. The molecule has 0 amide bonds. The van der Waals surface area contributed by atoms with Crippen LogP contribution in [-0.4, -0.2) is 112 Å². The highest BCUT2D eigenvalue weighted by molar-refractivity contribution is 6.27. The molecule has 0 spiro atoms. The molecule has 744 valence electrons. The van der Waals surface area contributed by atoms with Crippen LogP contribution < -0.4 is 0 Å². The van der Waals surface area contributed by atoms with Gasteiger partial charge in [0.05, 0.1) is 42.7 Å². The molecule has 0 saturated carbocycles. The second kappa shape index (κ2) is 67.9. The van der Waals surface area contributed by atoms with Crippen LogP contribution in [0, 0.1) is 0 Å². The van der Waals surface area contributed by atoms with Crippen molar-refractivity contribution in [3.8, 4) is 0 Å². The maximum absolute atomic E-state index is 12.9. The van der Waals surface area contributed by atoms with Crippen molar-refractivity contribution in [2.75, 3.05) is 49.3 Å². The molecule has 17 nitrogen and oxygen atoms in total. The van der Waals surface area contributed by atoms with E-state index < -0.39 is 0 Å². The molecule has 1 aromatic carbocycles. The van der Waals surface area contributed by atoms with Crippen molar-refractivity contribution in [1.82, 2.24) is 0 Å². The number of Topliss-reactive ketones (excluding diaryl/α,β-unsaturated/α-hetero) is 9. The van der Waals surface area contributed by atoms with Gasteiger partial charge >= 0.3 is 0 Å². The number of unbranched alkanes of at least 4 members (excludes halogenated alkanes) is 14. The van der Waals surface area contributed by atoms with E-state index in [9.17, 15) is 47.9 Å². The summed E-state index contributed by atoms with van der Waals surface area (Å²) in [5.41, 5.74) is 21.5. The zero-order valence-corrected chi connectivity index (χ0v) is 88.0. The number of aliphatic hydroxyl groups excluding tert-OH is 1. The lowest BCUT2D eigenvalue weighted by atomic mass is 9.87. The Hall–Kier alpha value is -10.3. The summed E-state index contributed by atoms with van der Waals surface area (Å²) in [7, 11) is 8.32. The molecular formula is C118H170O17. The summed E-state index contributed by atoms with van der Waals surface area (Å²) >= 11 is 0. The number of benzene rings is 1. The maximum atomic E-state index is 12.9. The standard InChI is InChI=1S/C59H90O4.C19H30O5.C19H30O4.C11H8O2.C10H12O2/c1-44(2)24-15-25-45(3)26-16-27-46(4)28-17-29-47(5)30-18-31-48(6)32-19-33-49(7)34-20-35-50(8)36-21-37-51(9)38-22-39-52(10)40-23-41-53(11)42-43-55-54(12)56(60)58(62-13)59(63-14)57(55)61;1-14-15(12-10-8-6-4-5-7-9-11-13-20)17(22)19(24-3)18(23-2)16(14)21;1-5-6-7-8-9-10-11-12-13-15-14(2)16(20)18(22-3)19(23-4)17(15)21;1-7-6-10(12)8-4-2-3-5-9(8)11(7)13;1-5-6(2)10(12)8(4)7(3)9(5)11/h24,26,28,30,32,34,36,38,40,42H,15-23,25,27,29,31,33,35,37,39,41,43H2,1-14H3;20H,4-13H2,1-3H3;5-13H2,1-4H3;2-6H,1H3;1-4H3/b45-26+,46-28+,47-30+,48-32+,49-34+,50-36+,51-38+,52-40+,53-42+;;;;. The van der Waals surface area contributed by atoms with Crippen LogP contribution in [0.2, 0.25) is 0 Å². The first-order chi connectivity index (χ1) is 64.3. The van der Waals surface area contributed by atoms with Gasteiger partial charge in [-0.2, -0.15) is 0 Å². The largest absolute Gasteiger partial charge is 0.489 e. The molecule has 0 aromatic heterocycles. The zero-order chi connectivity index (χ0) is 101. The van der Waals surface area contributed by atoms with Crippen LogP contribution in [0.5, 0.6) is 0 Å². The van der Waals surface area contributed by atoms with Crippen molar-refractivity contribution in [2.45, 2.75) is 376 Å². The molecule has 0 fully saturated rings. The van der Waals surface area contributed by atoms with Crippen molar-refractivity contribution in [3.05, 3.63) is 254 Å². The number of hydrogen-bond donors (Lipinski definition) is 1. The van der Waals surface area contributed by atoms with E-state index in [-0.39, 0.29) is 99.0 Å². The van der Waals surface area contributed by atoms with Crippen molar-refractivity contribution < 1.29 is 81.5 Å². The van der Waals surface area contributed by atoms with E-state index in [1.807, 2.05) is 0 Å². The van der Waals surface area contributed by atoms with Crippen molar-refractivity contribution in [1.29, 1.82) is 0 Å². The van der Waals surface area contributed by atoms with Gasteiger partial charge in [-0.3, -0.25) is 47.9 Å². The average Bonchev–Trinajstić information content (AvgIpc) is 0.782. The first-order valence-corrected chi connectivity index (χ1v) is 49.6. The van der Waals surface area contributed by atoms with Crippen LogP contribution in [0.3, 0.4) is 0 Å². The smallest absolute Gasteiger partial charge is 0.228 e. The van der Waals surface area contributed by atoms with Crippen molar-refractivity contribution >= 4 is 57.8 Å². The summed E-state index contributed by atoms with van der Waals surface area (Å²) in [6.45, 7) is 40.7. The van der Waals surface area contributed by atoms with E-state index in [4.69, 9.17) is 33.5 Å². The SMILES string of the molecule is CC1=C(C)C(=O)C(C)=C(C)C1=O.CC1=CC(=O)c2ccccc2C1=O.CCCCCCCCCCC1=C(C)C(=O)C(OC)=C(OC)C1=O.COC1=C(OC)C(=O)C(C/C=C(\C)CC/C=C(\C)CC/C=C(\C)CC/C=C(\C)CC/C=C(\C)CC/C=C(\C)CC/C=C(\C)CC/C=C(\C)CC/C=C(\C)CCC=C(C)C)=C(C)C1=O.COC1=C(OC)C(=O)C(CCCCCCCCCCO)=C(C)C1=O. The predicted molar refractivity (Wildman–Crippen MR) is 554 cm³/mol. The van der Waals surface area contributed by atoms with Crippen LogP contribution in [0.15, 0.2) is 243 Å². The Labute approximate surface area is 813 Å². The molecule has 0 bridgehead atoms. The van der Waals surface area contributed by atoms with Crippen LogP contribution >= 0.6 is 0 Å². The van der Waals surface area contributed by atoms with Gasteiger partial charge in [-0.05, 0) is 292 Å². The lowest BCUT2D eigenvalue weighted by Crippen LogP contribution is -2.25. The molecule has 0 aliphatic heterocycles. The van der Waals surface area contributed by atoms with Gasteiger partial charge in [-0.1, -0.05) is 231 Å². The molecule has 0 saturated heterocycles. The lowest BCUT2D eigenvalue weighted by molar-refractivity contribution is -0.121. The number of carbonyl (C=O) groups excluding carboxylic acids is 10. The van der Waals surface area contributed by atoms with E-state index in [0.717, 1.165) is 141 Å². The minimum absolute atomic E-state index is 0.00426. The van der Waals surface area contributed by atoms with Gasteiger partial charge in [0, 0.05) is 79.0 Å². The lowest BCUT2D eigenvalue weighted by Gasteiger charge is -2.20. The summed E-state index contributed by atoms with van der Waals surface area (Å²) < 4.78 is 30.6. The van der Waals surface area contributed by atoms with Crippen LogP contribution in [-0.2, 0) is 66.8 Å². The fourth-order valence-electron chi connectivity index (χ4n) is 16.2. The Balaban J connectivity index is 0.000000684. The maximum Gasteiger partial charge on any atom is 0.228 e. The average molecular weight is 1860 g/mol. The highest BCUT2D eigenvalue weighted by Crippen LogP contribution is 2.34. The van der Waals surface area contributed by atoms with E-state index in [1.54, 1.807) is 79.7 Å². The third-order valence-corrected chi connectivity index (χ3v) is 25.5. The zero-order valence-electron chi connectivity index (χ0n) is 88.0. The van der Waals surface area contributed by atoms with Gasteiger partial charge in [-0.15, -0.1) is 0 Å². The van der Waals surface area contributed by atoms with Crippen LogP contribution in [0.4, 0.5) is 0 Å². The first kappa shape index (κ1) is 121. The third kappa shape index (κ3) is 43.7. The van der Waals surface area contributed by atoms with Gasteiger partial charge < -0.3 is 33.5 Å². The highest BCUT2D eigenvalue weighted by Gasteiger charge is 2.37. The molecule has 0 atom stereocenters. The quantitative estimate of drug-likeness (QED) is 0.0362. The topological polar surface area (TPSA) is 246 Å². The normalized spacial score (nSPS) is 16.0. The molecule has 0 heterocycles. The minimum atomic E-state index is -0.284. The molecule has 5 aliphatic carbocycles. The van der Waals surface area contributed by atoms with Crippen molar-refractivity contribution in [3.63, 3.8) is 0 Å². The first-order valence-electron chi connectivity index (χ1n) is 49.6. The van der Waals surface area contributed by atoms with Gasteiger partial charge in [0.25, 0.3) is 0 Å². The molecule has 1 aromatic rings. The predicted octanol–water partition coefficient (Wildman–Crippen LogP) is 29.6. The number of ketones is 10. The van der Waals surface area contributed by atoms with Gasteiger partial charge in [0.1, 0.15) is 0 Å². The number of fused-ring (bicyclic) bond motifs is 1. The van der Waals surface area contributed by atoms with Crippen molar-refractivity contribution in [2.24, 2.45) is 0 Å². The Morgan fingerprint density at radius 1 is 0.267 bits per heavy atom. The Kier molecular flexibility index (Phi) is 60.7. The highest BCUT2D eigenvalue weighted by atomic mass is 16.5. The summed E-state index contributed by atoms with van der Waals surface area (Å²) in [4.78, 5) is 121. The fourth-order valence-corrected chi connectivity index (χ4v) is 16.2. The van der Waals surface area contributed by atoms with Crippen LogP contribution in [0.1, 0.15) is 397 Å². The molecule has 5 aliphatic rings. The third-order valence-electron chi connectivity index (χ3n) is 25.5. The molecule has 1 N–H and O–H groups in total. The van der Waals surface area contributed by atoms with Gasteiger partial charge in [0.2, 0.25) is 69.3 Å². The summed E-state index contributed by atoms with van der Waals surface area (Å²) in [6, 6.07) is 6.89. The number of rotatable bonds is 54. The van der Waals surface area contributed by atoms with E-state index in [1.165, 1.54) is 182 Å². The number of allylic oxidation sites excluding steroid dienone is 32. The number of hydrogen-bond acceptors (Lipinski definition) is 17. The van der Waals surface area contributed by atoms with E-state index >= 15 is 0 Å². The molecule has 0 radical (unpaired) electrons. The molecule has 0 unspecified atom stereocenters. The molecule has 6 rings (SSSR count). The molecular weight excluding hydrogens is 1690 g/mol. The van der Waals surface area contributed by atoms with Gasteiger partial charge in [0.15, 0.2) is 23.1 Å². The van der Waals surface area contributed by atoms with Crippen LogP contribution in [0.25, 0.3) is 0 Å². The second-order valence-corrected chi connectivity index (χ2v) is 37.0. The monoisotopic (exact) mass is 1860 g/mol. The minimum Gasteiger partial charge on any atom is -0.489 e. The summed E-state index contributed by atoms with van der Waals surface area (Å²) in [5, 5.41) is 8.72. The van der Waals surface area contributed by atoms with E-state index in [2.05, 4.69) is 144 Å². The fraction of sp³-hybridized carbons (Fsp3) is 0.542. The second-order valence-electron chi connectivity index (χ2n) is 37.0. The molecule has 17 heteroatoms. The molecule has 135 heavy (non-hydrogen) atoms. The number of ether oxygens (including phenoxy) is 6. The van der Waals surface area contributed by atoms with E-state index in [0.29, 0.717) is 91.7 Å². The number of methoxy groups -OCH3 is 6.